The van der Waals surface area contributed by atoms with Crippen LogP contribution in [0.4, 0.5) is 0 Å². The van der Waals surface area contributed by atoms with Gasteiger partial charge in [-0.2, -0.15) is 0 Å². The van der Waals surface area contributed by atoms with E-state index in [9.17, 15) is 4.79 Å². The molecule has 2 aromatic rings. The van der Waals surface area contributed by atoms with Crippen molar-refractivity contribution in [2.24, 2.45) is 5.92 Å². The monoisotopic (exact) mass is 405 g/mol. The fraction of sp³-hybridized carbons (Fsp3) is 0.421. The van der Waals surface area contributed by atoms with Crippen LogP contribution in [0, 0.1) is 5.92 Å². The van der Waals surface area contributed by atoms with E-state index in [1.807, 2.05) is 18.4 Å². The molecular formula is C19H20ClN3O3S. The van der Waals surface area contributed by atoms with E-state index in [1.54, 1.807) is 6.20 Å². The maximum absolute atomic E-state index is 12.2. The average Bonchev–Trinajstić information content (AvgIpc) is 3.36. The molecule has 4 rings (SSSR count). The second-order valence-electron chi connectivity index (χ2n) is 6.62. The van der Waals surface area contributed by atoms with Crippen LogP contribution < -0.4 is 10.1 Å². The zero-order valence-electron chi connectivity index (χ0n) is 14.9. The molecule has 6 nitrogen and oxygen atoms in total. The fourth-order valence-electron chi connectivity index (χ4n) is 3.35. The van der Waals surface area contributed by atoms with E-state index in [-0.39, 0.29) is 17.9 Å². The molecule has 1 aromatic heterocycles. The molecule has 3 heterocycles. The van der Waals surface area contributed by atoms with Crippen molar-refractivity contribution < 1.29 is 14.3 Å². The van der Waals surface area contributed by atoms with Crippen LogP contribution in [-0.2, 0) is 16.0 Å². The zero-order valence-corrected chi connectivity index (χ0v) is 16.5. The topological polar surface area (TPSA) is 73.3 Å². The molecule has 0 unspecified atom stereocenters. The SMILES string of the molecule is CSc1nccc(-c2cc(Cl)c3c(c2)C[C@@H](CNC(=O)[C@@H]2CCOC2)O3)n1. The highest BCUT2D eigenvalue weighted by atomic mass is 35.5. The van der Waals surface area contributed by atoms with Gasteiger partial charge in [-0.25, -0.2) is 9.97 Å². The Balaban J connectivity index is 1.45. The highest BCUT2D eigenvalue weighted by molar-refractivity contribution is 7.98. The molecule has 0 spiro atoms. The molecule has 1 amide bonds. The lowest BCUT2D eigenvalue weighted by molar-refractivity contribution is -0.125. The molecule has 0 radical (unpaired) electrons. The Morgan fingerprint density at radius 3 is 3.11 bits per heavy atom. The summed E-state index contributed by atoms with van der Waals surface area (Å²) in [6, 6.07) is 5.79. The molecule has 1 N–H and O–H groups in total. The number of carbonyl (C=O) groups excluding carboxylic acids is 1. The van der Waals surface area contributed by atoms with Gasteiger partial charge in [-0.05, 0) is 30.9 Å². The van der Waals surface area contributed by atoms with E-state index in [2.05, 4.69) is 21.4 Å². The molecule has 0 aliphatic carbocycles. The van der Waals surface area contributed by atoms with Gasteiger partial charge in [0.1, 0.15) is 11.9 Å². The Morgan fingerprint density at radius 2 is 2.33 bits per heavy atom. The van der Waals surface area contributed by atoms with Crippen molar-refractivity contribution in [2.75, 3.05) is 26.0 Å². The summed E-state index contributed by atoms with van der Waals surface area (Å²) in [6.07, 6.45) is 5.05. The highest BCUT2D eigenvalue weighted by Gasteiger charge is 2.28. The van der Waals surface area contributed by atoms with Crippen LogP contribution >= 0.6 is 23.4 Å². The van der Waals surface area contributed by atoms with Crippen LogP contribution in [0.3, 0.4) is 0 Å². The van der Waals surface area contributed by atoms with Crippen LogP contribution in [0.2, 0.25) is 5.02 Å². The van der Waals surface area contributed by atoms with Crippen LogP contribution in [0.5, 0.6) is 5.75 Å². The average molecular weight is 406 g/mol. The Bertz CT molecular complexity index is 858. The number of ether oxygens (including phenoxy) is 2. The number of hydrogen-bond acceptors (Lipinski definition) is 6. The smallest absolute Gasteiger partial charge is 0.225 e. The number of nitrogens with zero attached hydrogens (tertiary/aromatic N) is 2. The van der Waals surface area contributed by atoms with E-state index in [0.29, 0.717) is 37.0 Å². The third kappa shape index (κ3) is 4.05. The first-order chi connectivity index (χ1) is 13.1. The maximum atomic E-state index is 12.2. The maximum Gasteiger partial charge on any atom is 0.225 e. The third-order valence-electron chi connectivity index (χ3n) is 4.77. The van der Waals surface area contributed by atoms with E-state index in [1.165, 1.54) is 11.8 Å². The lowest BCUT2D eigenvalue weighted by atomic mass is 10.0. The number of carbonyl (C=O) groups is 1. The van der Waals surface area contributed by atoms with Crippen molar-refractivity contribution in [2.45, 2.75) is 24.1 Å². The van der Waals surface area contributed by atoms with E-state index < -0.39 is 0 Å². The predicted octanol–water partition coefficient (Wildman–Crippen LogP) is 2.98. The number of rotatable bonds is 5. The molecule has 0 saturated carbocycles. The first-order valence-corrected chi connectivity index (χ1v) is 10.5. The molecule has 1 saturated heterocycles. The van der Waals surface area contributed by atoms with Gasteiger partial charge in [0, 0.05) is 30.4 Å². The normalized spacial score (nSPS) is 21.0. The summed E-state index contributed by atoms with van der Waals surface area (Å²) < 4.78 is 11.2. The second kappa shape index (κ2) is 8.04. The van der Waals surface area contributed by atoms with Crippen molar-refractivity contribution in [3.63, 3.8) is 0 Å². The summed E-state index contributed by atoms with van der Waals surface area (Å²) in [5, 5.41) is 4.25. The van der Waals surface area contributed by atoms with E-state index >= 15 is 0 Å². The number of hydrogen-bond donors (Lipinski definition) is 1. The molecular weight excluding hydrogens is 386 g/mol. The van der Waals surface area contributed by atoms with Gasteiger partial charge in [-0.3, -0.25) is 4.79 Å². The minimum Gasteiger partial charge on any atom is -0.486 e. The van der Waals surface area contributed by atoms with Crippen molar-refractivity contribution in [1.29, 1.82) is 0 Å². The van der Waals surface area contributed by atoms with Crippen molar-refractivity contribution in [1.82, 2.24) is 15.3 Å². The van der Waals surface area contributed by atoms with Gasteiger partial charge in [-0.15, -0.1) is 0 Å². The Hall–Kier alpha value is -1.83. The lowest BCUT2D eigenvalue weighted by Crippen LogP contribution is -2.38. The fourth-order valence-corrected chi connectivity index (χ4v) is 3.99. The first kappa shape index (κ1) is 18.5. The Kier molecular flexibility index (Phi) is 5.52. The van der Waals surface area contributed by atoms with Gasteiger partial charge in [0.15, 0.2) is 5.16 Å². The minimum atomic E-state index is -0.119. The summed E-state index contributed by atoms with van der Waals surface area (Å²) in [5.74, 6) is 0.680. The highest BCUT2D eigenvalue weighted by Crippen LogP contribution is 2.39. The number of benzene rings is 1. The standard InChI is InChI=1S/C19H20ClN3O3S/c1-27-19-21-4-2-16(23-19)12-6-13-7-14(26-17(13)15(20)8-12)9-22-18(24)11-3-5-25-10-11/h2,4,6,8,11,14H,3,5,7,9-10H2,1H3,(H,22,24)/t11-,14+/m1/s1. The van der Waals surface area contributed by atoms with Crippen LogP contribution in [0.15, 0.2) is 29.6 Å². The number of thioether (sulfide) groups is 1. The second-order valence-corrected chi connectivity index (χ2v) is 7.81. The predicted molar refractivity (Wildman–Crippen MR) is 104 cm³/mol. The van der Waals surface area contributed by atoms with Gasteiger partial charge in [0.25, 0.3) is 0 Å². The summed E-state index contributed by atoms with van der Waals surface area (Å²) >= 11 is 7.95. The first-order valence-electron chi connectivity index (χ1n) is 8.86. The Labute approximate surface area is 167 Å². The van der Waals surface area contributed by atoms with Gasteiger partial charge in [0.2, 0.25) is 5.91 Å². The van der Waals surface area contributed by atoms with Crippen molar-refractivity contribution in [3.05, 3.63) is 35.0 Å². The molecule has 2 aliphatic heterocycles. The molecule has 0 bridgehead atoms. The largest absolute Gasteiger partial charge is 0.486 e. The number of aromatic nitrogens is 2. The number of halogens is 1. The molecule has 8 heteroatoms. The van der Waals surface area contributed by atoms with Crippen molar-refractivity contribution >= 4 is 29.3 Å². The minimum absolute atomic E-state index is 0.0319. The van der Waals surface area contributed by atoms with Crippen LogP contribution in [-0.4, -0.2) is 48.0 Å². The Morgan fingerprint density at radius 1 is 1.44 bits per heavy atom. The van der Waals surface area contributed by atoms with Crippen LogP contribution in [0.25, 0.3) is 11.3 Å². The zero-order chi connectivity index (χ0) is 18.8. The summed E-state index contributed by atoms with van der Waals surface area (Å²) in [4.78, 5) is 20.9. The molecule has 27 heavy (non-hydrogen) atoms. The molecule has 1 fully saturated rings. The lowest BCUT2D eigenvalue weighted by Gasteiger charge is -2.14. The van der Waals surface area contributed by atoms with Gasteiger partial charge in [-0.1, -0.05) is 23.4 Å². The number of amides is 1. The quantitative estimate of drug-likeness (QED) is 0.609. The molecule has 1 aromatic carbocycles. The molecule has 2 aliphatic rings. The summed E-state index contributed by atoms with van der Waals surface area (Å²) in [5.41, 5.74) is 2.80. The van der Waals surface area contributed by atoms with Gasteiger partial charge < -0.3 is 14.8 Å². The van der Waals surface area contributed by atoms with Gasteiger partial charge in [0.05, 0.1) is 29.8 Å². The summed E-state index contributed by atoms with van der Waals surface area (Å²) in [6.45, 7) is 1.62. The van der Waals surface area contributed by atoms with E-state index in [0.717, 1.165) is 28.4 Å². The van der Waals surface area contributed by atoms with Crippen molar-refractivity contribution in [3.8, 4) is 17.0 Å². The van der Waals surface area contributed by atoms with Gasteiger partial charge >= 0.3 is 0 Å². The third-order valence-corrected chi connectivity index (χ3v) is 5.61. The molecule has 2 atom stereocenters. The van der Waals surface area contributed by atoms with Crippen LogP contribution in [0.1, 0.15) is 12.0 Å². The number of nitrogens with one attached hydrogen (secondary N) is 1. The summed E-state index contributed by atoms with van der Waals surface area (Å²) in [7, 11) is 0. The number of fused-ring (bicyclic) bond motifs is 1. The molecule has 142 valence electrons. The van der Waals surface area contributed by atoms with E-state index in [4.69, 9.17) is 21.1 Å².